The summed E-state index contributed by atoms with van der Waals surface area (Å²) in [6, 6.07) is 0.0530. The van der Waals surface area contributed by atoms with Gasteiger partial charge in [0, 0.05) is 39.0 Å². The lowest BCUT2D eigenvalue weighted by Gasteiger charge is -2.29. The van der Waals surface area contributed by atoms with Crippen molar-refractivity contribution in [3.05, 3.63) is 0 Å². The second kappa shape index (κ2) is 6.98. The van der Waals surface area contributed by atoms with Crippen LogP contribution in [-0.2, 0) is 19.4 Å². The highest BCUT2D eigenvalue weighted by Crippen LogP contribution is 2.24. The first-order valence-electron chi connectivity index (χ1n) is 8.03. The summed E-state index contributed by atoms with van der Waals surface area (Å²) in [7, 11) is -1.32. The fraction of sp³-hybridized carbons (Fsp3) is 0.867. The van der Waals surface area contributed by atoms with E-state index in [1.807, 2.05) is 4.90 Å². The van der Waals surface area contributed by atoms with Crippen molar-refractivity contribution >= 4 is 21.7 Å². The van der Waals surface area contributed by atoms with Crippen LogP contribution in [0.4, 0.5) is 0 Å². The highest BCUT2D eigenvalue weighted by atomic mass is 32.2. The van der Waals surface area contributed by atoms with Gasteiger partial charge >= 0.3 is 0 Å². The van der Waals surface area contributed by atoms with Crippen LogP contribution >= 0.6 is 0 Å². The molecule has 0 bridgehead atoms. The van der Waals surface area contributed by atoms with E-state index in [0.29, 0.717) is 13.0 Å². The first-order chi connectivity index (χ1) is 10.3. The molecule has 2 fully saturated rings. The summed E-state index contributed by atoms with van der Waals surface area (Å²) in [6.45, 7) is 1.98. The number of rotatable bonds is 5. The lowest BCUT2D eigenvalue weighted by molar-refractivity contribution is -0.134. The molecule has 0 aromatic heterocycles. The molecule has 7 heteroatoms. The summed E-state index contributed by atoms with van der Waals surface area (Å²) in [5.41, 5.74) is 0. The Kier molecular flexibility index (Phi) is 5.47. The molecule has 1 heterocycles. The summed E-state index contributed by atoms with van der Waals surface area (Å²) in [5.74, 6) is 0.169. The molecule has 1 aliphatic heterocycles. The van der Waals surface area contributed by atoms with E-state index in [2.05, 4.69) is 0 Å². The molecule has 0 aromatic rings. The third-order valence-electron chi connectivity index (χ3n) is 4.89. The van der Waals surface area contributed by atoms with E-state index >= 15 is 0 Å². The van der Waals surface area contributed by atoms with Crippen LogP contribution in [0.5, 0.6) is 0 Å². The van der Waals surface area contributed by atoms with Gasteiger partial charge in [-0.2, -0.15) is 0 Å². The standard InChI is InChI=1S/C15H26N2O4S/c1-12(18)17(13-5-3-4-6-13)9-7-15(19)16(2)14-8-10-22(20,21)11-14/h13-14H,3-11H2,1-2H3. The minimum absolute atomic E-state index is 0.0193. The average Bonchev–Trinajstić information content (AvgIpc) is 3.07. The third-order valence-corrected chi connectivity index (χ3v) is 6.64. The van der Waals surface area contributed by atoms with Gasteiger partial charge in [-0.15, -0.1) is 0 Å². The first kappa shape index (κ1) is 17.2. The Balaban J connectivity index is 1.86. The van der Waals surface area contributed by atoms with Crippen LogP contribution in [0.2, 0.25) is 0 Å². The van der Waals surface area contributed by atoms with Crippen molar-refractivity contribution in [1.29, 1.82) is 0 Å². The molecule has 0 spiro atoms. The van der Waals surface area contributed by atoms with Gasteiger partial charge in [0.15, 0.2) is 9.84 Å². The maximum absolute atomic E-state index is 12.3. The summed E-state index contributed by atoms with van der Waals surface area (Å²) < 4.78 is 23.0. The molecule has 6 nitrogen and oxygen atoms in total. The lowest BCUT2D eigenvalue weighted by atomic mass is 10.2. The number of amides is 2. The van der Waals surface area contributed by atoms with Gasteiger partial charge in [-0.3, -0.25) is 9.59 Å². The predicted molar refractivity (Wildman–Crippen MR) is 84.1 cm³/mol. The van der Waals surface area contributed by atoms with Gasteiger partial charge in [-0.25, -0.2) is 8.42 Å². The minimum Gasteiger partial charge on any atom is -0.342 e. The van der Waals surface area contributed by atoms with Gasteiger partial charge in [0.05, 0.1) is 11.5 Å². The van der Waals surface area contributed by atoms with Crippen molar-refractivity contribution in [1.82, 2.24) is 9.80 Å². The molecule has 1 aliphatic carbocycles. The average molecular weight is 330 g/mol. The van der Waals surface area contributed by atoms with E-state index in [4.69, 9.17) is 0 Å². The molecule has 0 N–H and O–H groups in total. The number of carbonyl (C=O) groups excluding carboxylic acids is 2. The van der Waals surface area contributed by atoms with Crippen LogP contribution in [0.3, 0.4) is 0 Å². The van der Waals surface area contributed by atoms with E-state index < -0.39 is 9.84 Å². The Morgan fingerprint density at radius 3 is 2.23 bits per heavy atom. The van der Waals surface area contributed by atoms with E-state index in [-0.39, 0.29) is 41.8 Å². The van der Waals surface area contributed by atoms with Crippen LogP contribution in [0, 0.1) is 0 Å². The fourth-order valence-corrected chi connectivity index (χ4v) is 5.26. The Morgan fingerprint density at radius 2 is 1.73 bits per heavy atom. The Hall–Kier alpha value is -1.11. The second-order valence-electron chi connectivity index (χ2n) is 6.46. The highest BCUT2D eigenvalue weighted by molar-refractivity contribution is 7.91. The molecule has 1 atom stereocenters. The largest absolute Gasteiger partial charge is 0.342 e. The van der Waals surface area contributed by atoms with E-state index in [1.54, 1.807) is 18.9 Å². The van der Waals surface area contributed by atoms with Gasteiger partial charge in [-0.1, -0.05) is 12.8 Å². The van der Waals surface area contributed by atoms with Crippen LogP contribution in [0.1, 0.15) is 45.4 Å². The van der Waals surface area contributed by atoms with E-state index in [1.165, 1.54) is 0 Å². The van der Waals surface area contributed by atoms with Gasteiger partial charge in [0.1, 0.15) is 0 Å². The summed E-state index contributed by atoms with van der Waals surface area (Å²) in [5, 5.41) is 0. The summed E-state index contributed by atoms with van der Waals surface area (Å²) >= 11 is 0. The number of hydrogen-bond acceptors (Lipinski definition) is 4. The quantitative estimate of drug-likeness (QED) is 0.748. The lowest BCUT2D eigenvalue weighted by Crippen LogP contribution is -2.42. The topological polar surface area (TPSA) is 74.8 Å². The summed E-state index contributed by atoms with van der Waals surface area (Å²) in [4.78, 5) is 27.4. The Bertz CT molecular complexity index is 526. The van der Waals surface area contributed by atoms with Crippen molar-refractivity contribution < 1.29 is 18.0 Å². The van der Waals surface area contributed by atoms with Crippen LogP contribution < -0.4 is 0 Å². The van der Waals surface area contributed by atoms with Crippen LogP contribution in [0.25, 0.3) is 0 Å². The maximum Gasteiger partial charge on any atom is 0.224 e. The molecule has 22 heavy (non-hydrogen) atoms. The minimum atomic E-state index is -2.99. The van der Waals surface area contributed by atoms with Gasteiger partial charge in [0.25, 0.3) is 0 Å². The van der Waals surface area contributed by atoms with Crippen molar-refractivity contribution in [3.63, 3.8) is 0 Å². The van der Waals surface area contributed by atoms with Crippen LogP contribution in [-0.4, -0.2) is 67.2 Å². The molecule has 1 saturated heterocycles. The monoisotopic (exact) mass is 330 g/mol. The molecule has 0 aromatic carbocycles. The second-order valence-corrected chi connectivity index (χ2v) is 8.69. The zero-order valence-corrected chi connectivity index (χ0v) is 14.3. The number of sulfone groups is 1. The Labute approximate surface area is 132 Å². The number of carbonyl (C=O) groups is 2. The zero-order valence-electron chi connectivity index (χ0n) is 13.5. The maximum atomic E-state index is 12.3. The van der Waals surface area contributed by atoms with E-state index in [9.17, 15) is 18.0 Å². The van der Waals surface area contributed by atoms with Crippen molar-refractivity contribution in [2.75, 3.05) is 25.1 Å². The molecule has 0 radical (unpaired) electrons. The smallest absolute Gasteiger partial charge is 0.224 e. The van der Waals surface area contributed by atoms with E-state index in [0.717, 1.165) is 25.7 Å². The number of nitrogens with zero attached hydrogens (tertiary/aromatic N) is 2. The highest BCUT2D eigenvalue weighted by Gasteiger charge is 2.33. The van der Waals surface area contributed by atoms with Crippen molar-refractivity contribution in [3.8, 4) is 0 Å². The first-order valence-corrected chi connectivity index (χ1v) is 9.85. The molecule has 2 amide bonds. The summed E-state index contributed by atoms with van der Waals surface area (Å²) in [6.07, 6.45) is 5.10. The number of hydrogen-bond donors (Lipinski definition) is 0. The SMILES string of the molecule is CC(=O)N(CCC(=O)N(C)C1CCS(=O)(=O)C1)C1CCCC1. The third kappa shape index (κ3) is 4.21. The molecule has 1 unspecified atom stereocenters. The molecular weight excluding hydrogens is 304 g/mol. The molecule has 2 aliphatic rings. The molecular formula is C15H26N2O4S. The van der Waals surface area contributed by atoms with Gasteiger partial charge < -0.3 is 9.80 Å². The Morgan fingerprint density at radius 1 is 1.09 bits per heavy atom. The van der Waals surface area contributed by atoms with Gasteiger partial charge in [0.2, 0.25) is 11.8 Å². The normalized spacial score (nSPS) is 24.4. The van der Waals surface area contributed by atoms with Crippen molar-refractivity contribution in [2.45, 2.75) is 57.5 Å². The van der Waals surface area contributed by atoms with Crippen molar-refractivity contribution in [2.24, 2.45) is 0 Å². The van der Waals surface area contributed by atoms with Gasteiger partial charge in [-0.05, 0) is 19.3 Å². The zero-order chi connectivity index (χ0) is 16.3. The molecule has 126 valence electrons. The molecule has 1 saturated carbocycles. The van der Waals surface area contributed by atoms with Crippen LogP contribution in [0.15, 0.2) is 0 Å². The molecule has 2 rings (SSSR count). The predicted octanol–water partition coefficient (Wildman–Crippen LogP) is 0.813. The fourth-order valence-electron chi connectivity index (χ4n) is 3.49.